The van der Waals surface area contributed by atoms with Crippen LogP contribution in [0.5, 0.6) is 0 Å². The number of carboxylic acids is 1. The SMILES string of the molecule is C=C(N)C1(CCCCCCCCCCCCC2(C(=O)O)CC2)CC1. The van der Waals surface area contributed by atoms with Gasteiger partial charge in [-0.2, -0.15) is 0 Å². The number of unbranched alkanes of at least 4 members (excludes halogenated alkanes) is 9. The van der Waals surface area contributed by atoms with Crippen molar-refractivity contribution in [3.8, 4) is 0 Å². The molecular weight excluding hydrogens is 298 g/mol. The van der Waals surface area contributed by atoms with Crippen LogP contribution >= 0.6 is 0 Å². The lowest BCUT2D eigenvalue weighted by Crippen LogP contribution is -2.14. The zero-order chi connectivity index (χ0) is 17.5. The maximum atomic E-state index is 11.1. The molecule has 3 heteroatoms. The first-order valence-electron chi connectivity index (χ1n) is 10.2. The molecule has 3 N–H and O–H groups in total. The van der Waals surface area contributed by atoms with Gasteiger partial charge in [-0.3, -0.25) is 4.79 Å². The van der Waals surface area contributed by atoms with E-state index in [1.165, 1.54) is 77.0 Å². The molecule has 0 aromatic carbocycles. The molecule has 0 aromatic rings. The Morgan fingerprint density at radius 1 is 0.750 bits per heavy atom. The van der Waals surface area contributed by atoms with Gasteiger partial charge in [0.05, 0.1) is 5.41 Å². The number of carbonyl (C=O) groups is 1. The van der Waals surface area contributed by atoms with Gasteiger partial charge in [-0.25, -0.2) is 0 Å². The summed E-state index contributed by atoms with van der Waals surface area (Å²) in [5.74, 6) is -0.564. The molecule has 0 unspecified atom stereocenters. The van der Waals surface area contributed by atoms with Crippen LogP contribution in [0.25, 0.3) is 0 Å². The molecule has 0 atom stereocenters. The number of rotatable bonds is 15. The minimum absolute atomic E-state index is 0.310. The third kappa shape index (κ3) is 5.82. The number of hydrogen-bond donors (Lipinski definition) is 2. The molecule has 138 valence electrons. The predicted octanol–water partition coefficient (Wildman–Crippen LogP) is 5.79. The van der Waals surface area contributed by atoms with E-state index in [-0.39, 0.29) is 5.41 Å². The highest BCUT2D eigenvalue weighted by atomic mass is 16.4. The summed E-state index contributed by atoms with van der Waals surface area (Å²) in [4.78, 5) is 11.1. The summed E-state index contributed by atoms with van der Waals surface area (Å²) in [5, 5.41) is 9.13. The summed E-state index contributed by atoms with van der Waals surface area (Å²) in [7, 11) is 0. The molecule has 0 bridgehead atoms. The Hall–Kier alpha value is -0.990. The van der Waals surface area contributed by atoms with Crippen molar-refractivity contribution in [3.05, 3.63) is 12.3 Å². The summed E-state index contributed by atoms with van der Waals surface area (Å²) < 4.78 is 0. The van der Waals surface area contributed by atoms with E-state index in [1.807, 2.05) is 0 Å². The van der Waals surface area contributed by atoms with Crippen molar-refractivity contribution in [1.82, 2.24) is 0 Å². The second-order valence-electron chi connectivity index (χ2n) is 8.43. The Bertz CT molecular complexity index is 382. The molecule has 3 nitrogen and oxygen atoms in total. The van der Waals surface area contributed by atoms with Gasteiger partial charge in [-0.05, 0) is 38.5 Å². The van der Waals surface area contributed by atoms with Crippen molar-refractivity contribution in [2.24, 2.45) is 16.6 Å². The van der Waals surface area contributed by atoms with E-state index in [0.717, 1.165) is 31.4 Å². The fraction of sp³-hybridized carbons (Fsp3) is 0.857. The Labute approximate surface area is 148 Å². The lowest BCUT2D eigenvalue weighted by Gasteiger charge is -2.14. The average Bonchev–Trinajstić information content (AvgIpc) is 3.43. The number of aliphatic carboxylic acids is 1. The molecule has 2 aliphatic carbocycles. The first kappa shape index (κ1) is 19.3. The van der Waals surface area contributed by atoms with Crippen molar-refractivity contribution in [2.45, 2.75) is 103 Å². The molecule has 0 radical (unpaired) electrons. The number of hydrogen-bond acceptors (Lipinski definition) is 2. The monoisotopic (exact) mass is 335 g/mol. The number of carboxylic acid groups (broad SMARTS) is 1. The van der Waals surface area contributed by atoms with Gasteiger partial charge < -0.3 is 10.8 Å². The molecule has 0 amide bonds. The Morgan fingerprint density at radius 3 is 1.38 bits per heavy atom. The second kappa shape index (κ2) is 8.92. The van der Waals surface area contributed by atoms with E-state index >= 15 is 0 Å². The molecule has 0 spiro atoms. The van der Waals surface area contributed by atoms with Gasteiger partial charge in [0.1, 0.15) is 0 Å². The smallest absolute Gasteiger partial charge is 0.309 e. The van der Waals surface area contributed by atoms with Crippen molar-refractivity contribution in [3.63, 3.8) is 0 Å². The largest absolute Gasteiger partial charge is 0.481 e. The highest BCUT2D eigenvalue weighted by Crippen LogP contribution is 2.53. The van der Waals surface area contributed by atoms with Gasteiger partial charge in [0.2, 0.25) is 0 Å². The van der Waals surface area contributed by atoms with E-state index < -0.39 is 5.97 Å². The minimum Gasteiger partial charge on any atom is -0.481 e. The van der Waals surface area contributed by atoms with E-state index in [0.29, 0.717) is 5.41 Å². The molecule has 0 saturated heterocycles. The maximum Gasteiger partial charge on any atom is 0.309 e. The molecule has 24 heavy (non-hydrogen) atoms. The first-order valence-corrected chi connectivity index (χ1v) is 10.2. The lowest BCUT2D eigenvalue weighted by atomic mass is 9.95. The standard InChI is InChI=1S/C21H37NO2/c1-18(22)20(14-15-20)12-10-8-6-4-2-3-5-7-9-11-13-21(16-17-21)19(23)24/h1-17,22H2,(H,23,24). The molecule has 0 aromatic heterocycles. The van der Waals surface area contributed by atoms with Crippen molar-refractivity contribution < 1.29 is 9.90 Å². The van der Waals surface area contributed by atoms with Crippen LogP contribution in [0.4, 0.5) is 0 Å². The second-order valence-corrected chi connectivity index (χ2v) is 8.43. The van der Waals surface area contributed by atoms with Crippen molar-refractivity contribution in [2.75, 3.05) is 0 Å². The highest BCUT2D eigenvalue weighted by molar-refractivity contribution is 5.77. The van der Waals surface area contributed by atoms with Crippen molar-refractivity contribution >= 4 is 5.97 Å². The van der Waals surface area contributed by atoms with E-state index in [2.05, 4.69) is 6.58 Å². The normalized spacial score (nSPS) is 19.8. The van der Waals surface area contributed by atoms with Crippen LogP contribution in [0.2, 0.25) is 0 Å². The van der Waals surface area contributed by atoms with Crippen LogP contribution in [-0.4, -0.2) is 11.1 Å². The Balaban J connectivity index is 1.31. The molecular formula is C21H37NO2. The quantitative estimate of drug-likeness (QED) is 0.373. The Kier molecular flexibility index (Phi) is 7.18. The van der Waals surface area contributed by atoms with Gasteiger partial charge in [-0.1, -0.05) is 70.8 Å². The third-order valence-electron chi connectivity index (χ3n) is 6.40. The van der Waals surface area contributed by atoms with Crippen LogP contribution in [-0.2, 0) is 4.79 Å². The van der Waals surface area contributed by atoms with Gasteiger partial charge in [0, 0.05) is 11.1 Å². The van der Waals surface area contributed by atoms with Crippen molar-refractivity contribution in [1.29, 1.82) is 0 Å². The molecule has 0 heterocycles. The Morgan fingerprint density at radius 2 is 1.08 bits per heavy atom. The zero-order valence-corrected chi connectivity index (χ0v) is 15.5. The van der Waals surface area contributed by atoms with E-state index in [4.69, 9.17) is 10.8 Å². The summed E-state index contributed by atoms with van der Waals surface area (Å²) in [6.45, 7) is 3.93. The molecule has 2 rings (SSSR count). The highest BCUT2D eigenvalue weighted by Gasteiger charge is 2.49. The van der Waals surface area contributed by atoms with Crippen LogP contribution in [0, 0.1) is 10.8 Å². The molecule has 2 fully saturated rings. The van der Waals surface area contributed by atoms with Gasteiger partial charge in [0.25, 0.3) is 0 Å². The number of nitrogens with two attached hydrogens (primary N) is 1. The predicted molar refractivity (Wildman–Crippen MR) is 99.7 cm³/mol. The van der Waals surface area contributed by atoms with Gasteiger partial charge in [-0.15, -0.1) is 0 Å². The first-order chi connectivity index (χ1) is 11.5. The summed E-state index contributed by atoms with van der Waals surface area (Å²) in [6, 6.07) is 0. The summed E-state index contributed by atoms with van der Waals surface area (Å²) in [6.07, 6.45) is 19.4. The third-order valence-corrected chi connectivity index (χ3v) is 6.40. The fourth-order valence-electron chi connectivity index (χ4n) is 3.95. The topological polar surface area (TPSA) is 63.3 Å². The fourth-order valence-corrected chi connectivity index (χ4v) is 3.95. The molecule has 2 aliphatic rings. The molecule has 2 saturated carbocycles. The number of allylic oxidation sites excluding steroid dienone is 1. The van der Waals surface area contributed by atoms with Crippen LogP contribution < -0.4 is 5.73 Å². The zero-order valence-electron chi connectivity index (χ0n) is 15.5. The van der Waals surface area contributed by atoms with Crippen LogP contribution in [0.15, 0.2) is 12.3 Å². The van der Waals surface area contributed by atoms with Crippen LogP contribution in [0.1, 0.15) is 103 Å². The van der Waals surface area contributed by atoms with Crippen LogP contribution in [0.3, 0.4) is 0 Å². The molecule has 0 aliphatic heterocycles. The van der Waals surface area contributed by atoms with Gasteiger partial charge >= 0.3 is 5.97 Å². The average molecular weight is 336 g/mol. The minimum atomic E-state index is -0.564. The van der Waals surface area contributed by atoms with Gasteiger partial charge in [0.15, 0.2) is 0 Å². The van der Waals surface area contributed by atoms with E-state index in [1.54, 1.807) is 0 Å². The lowest BCUT2D eigenvalue weighted by molar-refractivity contribution is -0.143. The summed E-state index contributed by atoms with van der Waals surface area (Å²) in [5.41, 5.74) is 6.82. The summed E-state index contributed by atoms with van der Waals surface area (Å²) >= 11 is 0. The maximum absolute atomic E-state index is 11.1. The van der Waals surface area contributed by atoms with E-state index in [9.17, 15) is 4.79 Å².